The van der Waals surface area contributed by atoms with Crippen LogP contribution in [0.25, 0.3) is 0 Å². The highest BCUT2D eigenvalue weighted by Gasteiger charge is 2.39. The van der Waals surface area contributed by atoms with Crippen molar-refractivity contribution in [2.75, 3.05) is 19.7 Å². The van der Waals surface area contributed by atoms with Crippen molar-refractivity contribution in [3.63, 3.8) is 0 Å². The maximum absolute atomic E-state index is 10.3. The Morgan fingerprint density at radius 3 is 2.71 bits per heavy atom. The molecule has 1 rings (SSSR count). The van der Waals surface area contributed by atoms with Crippen molar-refractivity contribution < 1.29 is 9.53 Å². The van der Waals surface area contributed by atoms with Crippen molar-refractivity contribution in [2.45, 2.75) is 15.9 Å². The molecule has 4 nitrogen and oxygen atoms in total. The molecule has 14 heavy (non-hydrogen) atoms. The average Bonchev–Trinajstić information content (AvgIpc) is 2.14. The van der Waals surface area contributed by atoms with Crippen LogP contribution < -0.4 is 10.6 Å². The quantitative estimate of drug-likeness (QED) is 0.573. The van der Waals surface area contributed by atoms with Gasteiger partial charge >= 0.3 is 0 Å². The van der Waals surface area contributed by atoms with E-state index in [1.54, 1.807) is 0 Å². The molecule has 1 saturated heterocycles. The summed E-state index contributed by atoms with van der Waals surface area (Å²) in [4.78, 5) is 10.3. The molecule has 0 bridgehead atoms. The summed E-state index contributed by atoms with van der Waals surface area (Å²) in [5.41, 5.74) is 0. The van der Waals surface area contributed by atoms with Crippen molar-refractivity contribution in [1.82, 2.24) is 10.6 Å². The summed E-state index contributed by atoms with van der Waals surface area (Å²) >= 11 is 17.1. The normalized spacial score (nSPS) is 25.5. The van der Waals surface area contributed by atoms with Crippen LogP contribution in [0.15, 0.2) is 0 Å². The molecule has 0 saturated carbocycles. The van der Waals surface area contributed by atoms with Gasteiger partial charge in [-0.05, 0) is 0 Å². The van der Waals surface area contributed by atoms with Gasteiger partial charge < -0.3 is 15.4 Å². The minimum Gasteiger partial charge on any atom is -0.373 e. The van der Waals surface area contributed by atoms with E-state index in [0.29, 0.717) is 19.6 Å². The van der Waals surface area contributed by atoms with E-state index in [0.717, 1.165) is 6.54 Å². The van der Waals surface area contributed by atoms with E-state index in [1.165, 1.54) is 0 Å². The minimum atomic E-state index is -1.56. The number of halogens is 3. The van der Waals surface area contributed by atoms with Gasteiger partial charge in [-0.15, -0.1) is 0 Å². The van der Waals surface area contributed by atoms with Gasteiger partial charge in [-0.2, -0.15) is 0 Å². The Bertz CT molecular complexity index is 192. The van der Waals surface area contributed by atoms with Crippen LogP contribution in [-0.2, 0) is 9.53 Å². The molecule has 2 atom stereocenters. The predicted octanol–water partition coefficient (Wildman–Crippen LogP) is 0.460. The number of alkyl halides is 3. The number of carbonyl (C=O) groups is 1. The molecule has 0 aromatic heterocycles. The van der Waals surface area contributed by atoms with E-state index in [2.05, 4.69) is 10.6 Å². The first-order valence-electron chi connectivity index (χ1n) is 4.14. The van der Waals surface area contributed by atoms with E-state index < -0.39 is 9.83 Å². The minimum absolute atomic E-state index is 0.318. The van der Waals surface area contributed by atoms with Crippen molar-refractivity contribution in [2.24, 2.45) is 0 Å². The van der Waals surface area contributed by atoms with Crippen LogP contribution in [0.2, 0.25) is 0 Å². The van der Waals surface area contributed by atoms with Gasteiger partial charge in [0, 0.05) is 13.1 Å². The fourth-order valence-corrected chi connectivity index (χ4v) is 1.90. The Kier molecular flexibility index (Phi) is 4.73. The SMILES string of the molecule is O=CNC(C1CNCCO1)C(Cl)(Cl)Cl. The van der Waals surface area contributed by atoms with Gasteiger partial charge in [-0.1, -0.05) is 34.8 Å². The lowest BCUT2D eigenvalue weighted by Crippen LogP contribution is -2.56. The average molecular weight is 262 g/mol. The summed E-state index contributed by atoms with van der Waals surface area (Å²) in [7, 11) is 0. The third-order valence-electron chi connectivity index (χ3n) is 1.93. The second kappa shape index (κ2) is 5.37. The van der Waals surface area contributed by atoms with Crippen LogP contribution >= 0.6 is 34.8 Å². The highest BCUT2D eigenvalue weighted by molar-refractivity contribution is 6.68. The van der Waals surface area contributed by atoms with Gasteiger partial charge in [0.15, 0.2) is 0 Å². The molecular formula is C7H11Cl3N2O2. The first-order chi connectivity index (χ1) is 6.55. The molecule has 82 valence electrons. The molecule has 1 heterocycles. The van der Waals surface area contributed by atoms with Crippen LogP contribution in [0.5, 0.6) is 0 Å². The largest absolute Gasteiger partial charge is 0.373 e. The molecule has 0 aromatic carbocycles. The molecular weight excluding hydrogens is 250 g/mol. The van der Waals surface area contributed by atoms with E-state index >= 15 is 0 Å². The van der Waals surface area contributed by atoms with Crippen LogP contribution in [0.4, 0.5) is 0 Å². The van der Waals surface area contributed by atoms with Crippen LogP contribution in [0.1, 0.15) is 0 Å². The zero-order valence-corrected chi connectivity index (χ0v) is 9.57. The zero-order valence-electron chi connectivity index (χ0n) is 7.30. The highest BCUT2D eigenvalue weighted by Crippen LogP contribution is 2.32. The Morgan fingerprint density at radius 2 is 2.29 bits per heavy atom. The van der Waals surface area contributed by atoms with Crippen molar-refractivity contribution >= 4 is 41.2 Å². The standard InChI is InChI=1S/C7H11Cl3N2O2/c8-7(9,10)6(12-4-13)5-3-11-1-2-14-5/h4-6,11H,1-3H2,(H,12,13). The van der Waals surface area contributed by atoms with Crippen LogP contribution in [0, 0.1) is 0 Å². The van der Waals surface area contributed by atoms with Gasteiger partial charge in [0.1, 0.15) is 6.04 Å². The molecule has 1 aliphatic heterocycles. The van der Waals surface area contributed by atoms with Gasteiger partial charge in [0.25, 0.3) is 0 Å². The first-order valence-corrected chi connectivity index (χ1v) is 5.28. The molecule has 0 aromatic rings. The third-order valence-corrected chi connectivity index (χ3v) is 2.63. The summed E-state index contributed by atoms with van der Waals surface area (Å²) in [6, 6.07) is -0.641. The zero-order chi connectivity index (χ0) is 10.6. The molecule has 1 fully saturated rings. The van der Waals surface area contributed by atoms with Crippen molar-refractivity contribution in [1.29, 1.82) is 0 Å². The number of morpholine rings is 1. The lowest BCUT2D eigenvalue weighted by atomic mass is 10.1. The van der Waals surface area contributed by atoms with E-state index in [9.17, 15) is 4.79 Å². The Hall–Kier alpha value is 0.260. The van der Waals surface area contributed by atoms with Crippen LogP contribution in [-0.4, -0.2) is 42.0 Å². The lowest BCUT2D eigenvalue weighted by molar-refractivity contribution is -0.111. The molecule has 2 N–H and O–H groups in total. The molecule has 2 unspecified atom stereocenters. The van der Waals surface area contributed by atoms with E-state index in [4.69, 9.17) is 39.5 Å². The number of rotatable bonds is 3. The monoisotopic (exact) mass is 260 g/mol. The second-order valence-electron chi connectivity index (χ2n) is 2.92. The maximum atomic E-state index is 10.3. The summed E-state index contributed by atoms with van der Waals surface area (Å²) in [6.07, 6.45) is 0.186. The van der Waals surface area contributed by atoms with Gasteiger partial charge in [0.2, 0.25) is 10.2 Å². The molecule has 7 heteroatoms. The third kappa shape index (κ3) is 3.44. The summed E-state index contributed by atoms with van der Waals surface area (Å²) in [5.74, 6) is 0. The smallest absolute Gasteiger partial charge is 0.212 e. The van der Waals surface area contributed by atoms with Gasteiger partial charge in [-0.3, -0.25) is 4.79 Å². The second-order valence-corrected chi connectivity index (χ2v) is 5.29. The predicted molar refractivity (Wildman–Crippen MR) is 55.9 cm³/mol. The molecule has 0 radical (unpaired) electrons. The summed E-state index contributed by atoms with van der Waals surface area (Å²) in [6.45, 7) is 1.87. The van der Waals surface area contributed by atoms with Crippen molar-refractivity contribution in [3.05, 3.63) is 0 Å². The fourth-order valence-electron chi connectivity index (χ4n) is 1.29. The Balaban J connectivity index is 2.60. The molecule has 1 amide bonds. The van der Waals surface area contributed by atoms with Crippen LogP contribution in [0.3, 0.4) is 0 Å². The molecule has 0 spiro atoms. The molecule has 0 aliphatic carbocycles. The maximum Gasteiger partial charge on any atom is 0.212 e. The van der Waals surface area contributed by atoms with Gasteiger partial charge in [-0.25, -0.2) is 0 Å². The number of amides is 1. The van der Waals surface area contributed by atoms with Gasteiger partial charge in [0.05, 0.1) is 12.7 Å². The van der Waals surface area contributed by atoms with E-state index in [-0.39, 0.29) is 6.10 Å². The first kappa shape index (κ1) is 12.3. The number of carbonyl (C=O) groups excluding carboxylic acids is 1. The summed E-state index contributed by atoms with van der Waals surface area (Å²) in [5, 5.41) is 5.54. The van der Waals surface area contributed by atoms with Crippen molar-refractivity contribution in [3.8, 4) is 0 Å². The molecule has 1 aliphatic rings. The summed E-state index contributed by atoms with van der Waals surface area (Å²) < 4.78 is 3.82. The Morgan fingerprint density at radius 1 is 1.57 bits per heavy atom. The topological polar surface area (TPSA) is 50.4 Å². The highest BCUT2D eigenvalue weighted by atomic mass is 35.6. The fraction of sp³-hybridized carbons (Fsp3) is 0.857. The number of hydrogen-bond donors (Lipinski definition) is 2. The lowest BCUT2D eigenvalue weighted by Gasteiger charge is -2.34. The Labute approximate surface area is 97.2 Å². The number of nitrogens with one attached hydrogen (secondary N) is 2. The number of hydrogen-bond acceptors (Lipinski definition) is 3. The number of ether oxygens (including phenoxy) is 1. The van der Waals surface area contributed by atoms with E-state index in [1.807, 2.05) is 0 Å².